The van der Waals surface area contributed by atoms with E-state index in [-0.39, 0.29) is 22.2 Å². The van der Waals surface area contributed by atoms with Crippen LogP contribution in [0.3, 0.4) is 0 Å². The molecular formula is C8H10BrClF2N2. The lowest BCUT2D eigenvalue weighted by Gasteiger charge is -2.10. The van der Waals surface area contributed by atoms with Gasteiger partial charge in [-0.25, -0.2) is 8.78 Å². The predicted molar refractivity (Wildman–Crippen MR) is 55.2 cm³/mol. The minimum Gasteiger partial charge on any atom is -0.259 e. The van der Waals surface area contributed by atoms with E-state index in [1.807, 2.05) is 0 Å². The Labute approximate surface area is 94.4 Å². The molecule has 6 heteroatoms. The summed E-state index contributed by atoms with van der Waals surface area (Å²) in [4.78, 5) is 0. The summed E-state index contributed by atoms with van der Waals surface area (Å²) in [5.41, 5.74) is 0.275. The van der Waals surface area contributed by atoms with Gasteiger partial charge in [-0.3, -0.25) is 4.68 Å². The zero-order chi connectivity index (χ0) is 10.9. The van der Waals surface area contributed by atoms with Gasteiger partial charge in [0.2, 0.25) is 0 Å². The highest BCUT2D eigenvalue weighted by Gasteiger charge is 2.24. The Morgan fingerprint density at radius 3 is 2.43 bits per heavy atom. The summed E-state index contributed by atoms with van der Waals surface area (Å²) in [7, 11) is 0. The van der Waals surface area contributed by atoms with Gasteiger partial charge in [0.25, 0.3) is 6.43 Å². The van der Waals surface area contributed by atoms with Crippen LogP contribution in [-0.2, 0) is 5.33 Å². The molecule has 0 unspecified atom stereocenters. The van der Waals surface area contributed by atoms with Gasteiger partial charge < -0.3 is 0 Å². The van der Waals surface area contributed by atoms with Crippen LogP contribution < -0.4 is 0 Å². The molecule has 80 valence electrons. The Hall–Kier alpha value is -0.160. The van der Waals surface area contributed by atoms with Crippen LogP contribution in [-0.4, -0.2) is 9.78 Å². The largest absolute Gasteiger partial charge is 0.280 e. The van der Waals surface area contributed by atoms with Crippen molar-refractivity contribution in [1.82, 2.24) is 9.78 Å². The first kappa shape index (κ1) is 11.9. The average Bonchev–Trinajstić information content (AvgIpc) is 2.42. The molecule has 1 aromatic rings. The molecule has 1 rings (SSSR count). The predicted octanol–water partition coefficient (Wildman–Crippen LogP) is 3.95. The first-order valence-corrected chi connectivity index (χ1v) is 5.59. The van der Waals surface area contributed by atoms with Gasteiger partial charge in [0.15, 0.2) is 5.15 Å². The fourth-order valence-electron chi connectivity index (χ4n) is 1.20. The van der Waals surface area contributed by atoms with E-state index >= 15 is 0 Å². The average molecular weight is 288 g/mol. The van der Waals surface area contributed by atoms with Gasteiger partial charge in [-0.15, -0.1) is 0 Å². The third-order valence-electron chi connectivity index (χ3n) is 1.83. The van der Waals surface area contributed by atoms with Crippen molar-refractivity contribution in [3.8, 4) is 0 Å². The van der Waals surface area contributed by atoms with Crippen LogP contribution in [0.4, 0.5) is 8.78 Å². The van der Waals surface area contributed by atoms with Gasteiger partial charge in [0.05, 0.1) is 0 Å². The number of rotatable bonds is 3. The van der Waals surface area contributed by atoms with Gasteiger partial charge in [0, 0.05) is 16.9 Å². The first-order valence-electron chi connectivity index (χ1n) is 4.10. The quantitative estimate of drug-likeness (QED) is 0.770. The summed E-state index contributed by atoms with van der Waals surface area (Å²) in [6.45, 7) is 3.57. The minimum atomic E-state index is -2.55. The topological polar surface area (TPSA) is 17.8 Å². The summed E-state index contributed by atoms with van der Waals surface area (Å²) in [6.07, 6.45) is -2.55. The Balaban J connectivity index is 3.30. The molecule has 0 N–H and O–H groups in total. The van der Waals surface area contributed by atoms with Crippen molar-refractivity contribution in [2.45, 2.75) is 31.6 Å². The highest BCUT2D eigenvalue weighted by atomic mass is 79.9. The summed E-state index contributed by atoms with van der Waals surface area (Å²) < 4.78 is 26.7. The van der Waals surface area contributed by atoms with Crippen molar-refractivity contribution in [3.63, 3.8) is 0 Å². The molecule has 2 nitrogen and oxygen atoms in total. The van der Waals surface area contributed by atoms with Crippen molar-refractivity contribution in [2.75, 3.05) is 0 Å². The van der Waals surface area contributed by atoms with Crippen LogP contribution >= 0.6 is 27.5 Å². The number of nitrogens with zero attached hydrogens (tertiary/aromatic N) is 2. The lowest BCUT2D eigenvalue weighted by molar-refractivity contribution is 0.136. The Kier molecular flexibility index (Phi) is 3.89. The van der Waals surface area contributed by atoms with Crippen molar-refractivity contribution in [3.05, 3.63) is 16.4 Å². The van der Waals surface area contributed by atoms with Crippen molar-refractivity contribution in [2.24, 2.45) is 0 Å². The molecule has 0 aliphatic heterocycles. The third-order valence-corrected chi connectivity index (χ3v) is 2.69. The Bertz CT molecular complexity index is 325. The monoisotopic (exact) mass is 286 g/mol. The standard InChI is InChI=1S/C8H10BrClF2N2/c1-4(2)14-6(8(11)12)5(3-9)7(10)13-14/h4,8H,3H2,1-2H3. The second kappa shape index (κ2) is 4.57. The molecular weight excluding hydrogens is 277 g/mol. The molecule has 0 atom stereocenters. The molecule has 0 aliphatic rings. The van der Waals surface area contributed by atoms with Gasteiger partial charge in [-0.1, -0.05) is 27.5 Å². The maximum Gasteiger partial charge on any atom is 0.280 e. The maximum absolute atomic E-state index is 12.7. The number of halogens is 4. The lowest BCUT2D eigenvalue weighted by Crippen LogP contribution is -2.08. The molecule has 0 aliphatic carbocycles. The van der Waals surface area contributed by atoms with Crippen LogP contribution in [0.25, 0.3) is 0 Å². The lowest BCUT2D eigenvalue weighted by atomic mass is 10.2. The third kappa shape index (κ3) is 2.08. The van der Waals surface area contributed by atoms with Crippen molar-refractivity contribution >= 4 is 27.5 Å². The van der Waals surface area contributed by atoms with Gasteiger partial charge in [-0.05, 0) is 13.8 Å². The number of hydrogen-bond acceptors (Lipinski definition) is 1. The molecule has 1 aromatic heterocycles. The second-order valence-corrected chi connectivity index (χ2v) is 4.05. The zero-order valence-corrected chi connectivity index (χ0v) is 10.1. The number of aromatic nitrogens is 2. The minimum absolute atomic E-state index is 0.0955. The maximum atomic E-state index is 12.7. The van der Waals surface area contributed by atoms with E-state index in [0.717, 1.165) is 0 Å². The van der Waals surface area contributed by atoms with Crippen LogP contribution in [0.2, 0.25) is 5.15 Å². The van der Waals surface area contributed by atoms with Crippen LogP contribution in [0.1, 0.15) is 37.6 Å². The summed E-state index contributed by atoms with van der Waals surface area (Å²) >= 11 is 8.86. The number of alkyl halides is 3. The molecule has 0 saturated carbocycles. The fourth-order valence-corrected chi connectivity index (χ4v) is 2.16. The summed E-state index contributed by atoms with van der Waals surface area (Å²) in [5, 5.41) is 4.31. The van der Waals surface area contributed by atoms with E-state index in [2.05, 4.69) is 21.0 Å². The van der Waals surface area contributed by atoms with E-state index in [4.69, 9.17) is 11.6 Å². The number of hydrogen-bond donors (Lipinski definition) is 0. The van der Waals surface area contributed by atoms with Crippen molar-refractivity contribution < 1.29 is 8.78 Å². The molecule has 0 radical (unpaired) electrons. The molecule has 1 heterocycles. The van der Waals surface area contributed by atoms with E-state index in [9.17, 15) is 8.78 Å². The Morgan fingerprint density at radius 2 is 2.07 bits per heavy atom. The van der Waals surface area contributed by atoms with Crippen LogP contribution in [0, 0.1) is 0 Å². The molecule has 14 heavy (non-hydrogen) atoms. The van der Waals surface area contributed by atoms with E-state index < -0.39 is 6.43 Å². The smallest absolute Gasteiger partial charge is 0.259 e. The molecule has 0 saturated heterocycles. The van der Waals surface area contributed by atoms with Gasteiger partial charge >= 0.3 is 0 Å². The van der Waals surface area contributed by atoms with E-state index in [1.165, 1.54) is 4.68 Å². The van der Waals surface area contributed by atoms with E-state index in [1.54, 1.807) is 13.8 Å². The highest BCUT2D eigenvalue weighted by molar-refractivity contribution is 9.08. The summed E-state index contributed by atoms with van der Waals surface area (Å²) in [5.74, 6) is 0. The highest BCUT2D eigenvalue weighted by Crippen LogP contribution is 2.31. The summed E-state index contributed by atoms with van der Waals surface area (Å²) in [6, 6.07) is -0.121. The zero-order valence-electron chi connectivity index (χ0n) is 7.77. The molecule has 0 bridgehead atoms. The normalized spacial score (nSPS) is 11.7. The van der Waals surface area contributed by atoms with Crippen LogP contribution in [0.15, 0.2) is 0 Å². The molecule has 0 amide bonds. The second-order valence-electron chi connectivity index (χ2n) is 3.13. The first-order chi connectivity index (χ1) is 6.49. The molecule has 0 aromatic carbocycles. The van der Waals surface area contributed by atoms with Gasteiger partial charge in [0.1, 0.15) is 5.69 Å². The van der Waals surface area contributed by atoms with E-state index in [0.29, 0.717) is 5.56 Å². The van der Waals surface area contributed by atoms with Crippen LogP contribution in [0.5, 0.6) is 0 Å². The van der Waals surface area contributed by atoms with Gasteiger partial charge in [-0.2, -0.15) is 5.10 Å². The van der Waals surface area contributed by atoms with Crippen molar-refractivity contribution in [1.29, 1.82) is 0 Å². The Morgan fingerprint density at radius 1 is 1.50 bits per heavy atom. The SMILES string of the molecule is CC(C)n1nc(Cl)c(CBr)c1C(F)F. The molecule has 0 spiro atoms. The fraction of sp³-hybridized carbons (Fsp3) is 0.625. The molecule has 0 fully saturated rings.